The van der Waals surface area contributed by atoms with Crippen LogP contribution in [0.4, 0.5) is 0 Å². The van der Waals surface area contributed by atoms with Gasteiger partial charge in [-0.25, -0.2) is 0 Å². The largest absolute Gasteiger partial charge is 0.379 e. The van der Waals surface area contributed by atoms with Crippen LogP contribution in [0.15, 0.2) is 0 Å². The molecule has 2 aliphatic carbocycles. The average molecular weight is 295 g/mol. The Bertz CT molecular complexity index is 305. The van der Waals surface area contributed by atoms with Crippen LogP contribution < -0.4 is 11.3 Å². The molecule has 21 heavy (non-hydrogen) atoms. The van der Waals surface area contributed by atoms with Gasteiger partial charge in [0.05, 0.1) is 13.2 Å². The summed E-state index contributed by atoms with van der Waals surface area (Å²) in [6.45, 7) is 3.95. The van der Waals surface area contributed by atoms with E-state index in [9.17, 15) is 0 Å². The summed E-state index contributed by atoms with van der Waals surface area (Å²) in [7, 11) is 0. The van der Waals surface area contributed by atoms with Crippen LogP contribution in [-0.4, -0.2) is 42.8 Å². The van der Waals surface area contributed by atoms with E-state index in [0.29, 0.717) is 11.6 Å². The molecule has 0 radical (unpaired) electrons. The van der Waals surface area contributed by atoms with Gasteiger partial charge in [-0.3, -0.25) is 16.2 Å². The van der Waals surface area contributed by atoms with Crippen molar-refractivity contribution in [2.45, 2.75) is 75.8 Å². The van der Waals surface area contributed by atoms with Crippen LogP contribution in [0.1, 0.15) is 64.2 Å². The van der Waals surface area contributed by atoms with Gasteiger partial charge >= 0.3 is 0 Å². The van der Waals surface area contributed by atoms with Crippen molar-refractivity contribution in [3.63, 3.8) is 0 Å². The van der Waals surface area contributed by atoms with E-state index in [2.05, 4.69) is 10.3 Å². The molecule has 1 saturated heterocycles. The van der Waals surface area contributed by atoms with Gasteiger partial charge in [-0.05, 0) is 25.2 Å². The van der Waals surface area contributed by atoms with Gasteiger partial charge in [0.1, 0.15) is 0 Å². The number of hydrogen-bond acceptors (Lipinski definition) is 4. The molecule has 4 nitrogen and oxygen atoms in total. The van der Waals surface area contributed by atoms with E-state index in [1.807, 2.05) is 0 Å². The second-order valence-electron chi connectivity index (χ2n) is 7.37. The molecule has 0 aromatic rings. The molecule has 0 aromatic heterocycles. The third-order valence-electron chi connectivity index (χ3n) is 6.25. The molecule has 2 saturated carbocycles. The number of ether oxygens (including phenoxy) is 1. The van der Waals surface area contributed by atoms with Gasteiger partial charge in [-0.15, -0.1) is 0 Å². The fraction of sp³-hybridized carbons (Fsp3) is 1.00. The standard InChI is InChI=1S/C17H33N3O/c18-19-16(14-15-6-2-1-3-7-15)17(8-4-5-9-17)20-10-12-21-13-11-20/h15-16,19H,1-14,18H2. The quantitative estimate of drug-likeness (QED) is 0.604. The summed E-state index contributed by atoms with van der Waals surface area (Å²) < 4.78 is 5.57. The molecule has 0 aromatic carbocycles. The molecule has 3 N–H and O–H groups in total. The Morgan fingerprint density at radius 2 is 1.71 bits per heavy atom. The van der Waals surface area contributed by atoms with Gasteiger partial charge < -0.3 is 4.74 Å². The second-order valence-corrected chi connectivity index (χ2v) is 7.37. The topological polar surface area (TPSA) is 50.5 Å². The molecule has 1 heterocycles. The highest BCUT2D eigenvalue weighted by Crippen LogP contribution is 2.41. The first-order valence-electron chi connectivity index (χ1n) is 9.14. The minimum Gasteiger partial charge on any atom is -0.379 e. The zero-order valence-corrected chi connectivity index (χ0v) is 13.5. The molecule has 3 aliphatic rings. The first-order chi connectivity index (χ1) is 10.3. The molecule has 0 amide bonds. The molecule has 0 spiro atoms. The van der Waals surface area contributed by atoms with Gasteiger partial charge in [-0.1, -0.05) is 44.9 Å². The number of hydrazine groups is 1. The van der Waals surface area contributed by atoms with Crippen LogP contribution >= 0.6 is 0 Å². The number of morpholine rings is 1. The van der Waals surface area contributed by atoms with E-state index in [1.54, 1.807) is 0 Å². The SMILES string of the molecule is NNC(CC1CCCCC1)C1(N2CCOCC2)CCCC1. The van der Waals surface area contributed by atoms with E-state index in [4.69, 9.17) is 10.6 Å². The lowest BCUT2D eigenvalue weighted by molar-refractivity contribution is -0.0397. The maximum absolute atomic E-state index is 6.05. The highest BCUT2D eigenvalue weighted by Gasteiger charge is 2.46. The summed E-state index contributed by atoms with van der Waals surface area (Å²) in [5.74, 6) is 6.94. The van der Waals surface area contributed by atoms with E-state index >= 15 is 0 Å². The van der Waals surface area contributed by atoms with Crippen LogP contribution in [0.25, 0.3) is 0 Å². The second kappa shape index (κ2) is 7.40. The highest BCUT2D eigenvalue weighted by atomic mass is 16.5. The van der Waals surface area contributed by atoms with Crippen molar-refractivity contribution in [1.82, 2.24) is 10.3 Å². The summed E-state index contributed by atoms with van der Waals surface area (Å²) >= 11 is 0. The summed E-state index contributed by atoms with van der Waals surface area (Å²) in [6, 6.07) is 0.459. The van der Waals surface area contributed by atoms with Crippen molar-refractivity contribution in [3.05, 3.63) is 0 Å². The number of nitrogens with one attached hydrogen (secondary N) is 1. The zero-order chi connectivity index (χ0) is 14.5. The molecule has 1 atom stereocenters. The van der Waals surface area contributed by atoms with E-state index in [-0.39, 0.29) is 0 Å². The Morgan fingerprint density at radius 1 is 1.05 bits per heavy atom. The van der Waals surface area contributed by atoms with Crippen LogP contribution in [0, 0.1) is 5.92 Å². The molecule has 1 unspecified atom stereocenters. The van der Waals surface area contributed by atoms with Gasteiger partial charge in [0.2, 0.25) is 0 Å². The van der Waals surface area contributed by atoms with Crippen LogP contribution in [0.3, 0.4) is 0 Å². The normalized spacial score (nSPS) is 29.6. The molecule has 3 rings (SSSR count). The van der Waals surface area contributed by atoms with Crippen molar-refractivity contribution < 1.29 is 4.74 Å². The molecule has 0 bridgehead atoms. The molecule has 122 valence electrons. The van der Waals surface area contributed by atoms with Crippen molar-refractivity contribution in [2.24, 2.45) is 11.8 Å². The Balaban J connectivity index is 1.70. The molecular weight excluding hydrogens is 262 g/mol. The third-order valence-corrected chi connectivity index (χ3v) is 6.25. The van der Waals surface area contributed by atoms with Crippen molar-refractivity contribution in [1.29, 1.82) is 0 Å². The summed E-state index contributed by atoms with van der Waals surface area (Å²) in [4.78, 5) is 2.71. The van der Waals surface area contributed by atoms with Gasteiger partial charge in [0.25, 0.3) is 0 Å². The highest BCUT2D eigenvalue weighted by molar-refractivity contribution is 5.04. The predicted octanol–water partition coefficient (Wildman–Crippen LogP) is 2.43. The van der Waals surface area contributed by atoms with Gasteiger partial charge in [0.15, 0.2) is 0 Å². The number of hydrogen-bond donors (Lipinski definition) is 2. The number of rotatable bonds is 5. The number of nitrogens with two attached hydrogens (primary N) is 1. The molecule has 4 heteroatoms. The van der Waals surface area contributed by atoms with Gasteiger partial charge in [-0.2, -0.15) is 0 Å². The Labute approximate surface area is 129 Å². The fourth-order valence-electron chi connectivity index (χ4n) is 5.08. The van der Waals surface area contributed by atoms with Crippen molar-refractivity contribution >= 4 is 0 Å². The predicted molar refractivity (Wildman–Crippen MR) is 85.9 cm³/mol. The van der Waals surface area contributed by atoms with E-state index in [0.717, 1.165) is 32.2 Å². The maximum Gasteiger partial charge on any atom is 0.0594 e. The van der Waals surface area contributed by atoms with E-state index in [1.165, 1.54) is 64.2 Å². The molecular formula is C17H33N3O. The van der Waals surface area contributed by atoms with Gasteiger partial charge in [0, 0.05) is 24.7 Å². The Morgan fingerprint density at radius 3 is 2.33 bits per heavy atom. The van der Waals surface area contributed by atoms with Crippen molar-refractivity contribution in [2.75, 3.05) is 26.3 Å². The molecule has 1 aliphatic heterocycles. The third kappa shape index (κ3) is 3.44. The average Bonchev–Trinajstić information content (AvgIpc) is 3.05. The smallest absolute Gasteiger partial charge is 0.0594 e. The monoisotopic (exact) mass is 295 g/mol. The first-order valence-corrected chi connectivity index (χ1v) is 9.14. The number of nitrogens with zero attached hydrogens (tertiary/aromatic N) is 1. The van der Waals surface area contributed by atoms with Crippen LogP contribution in [0.2, 0.25) is 0 Å². The first kappa shape index (κ1) is 15.7. The molecule has 3 fully saturated rings. The lowest BCUT2D eigenvalue weighted by Gasteiger charge is -2.49. The van der Waals surface area contributed by atoms with E-state index < -0.39 is 0 Å². The van der Waals surface area contributed by atoms with Crippen LogP contribution in [-0.2, 0) is 4.74 Å². The zero-order valence-electron chi connectivity index (χ0n) is 13.5. The Kier molecular flexibility index (Phi) is 5.54. The summed E-state index contributed by atoms with van der Waals surface area (Å²) in [5.41, 5.74) is 3.55. The van der Waals surface area contributed by atoms with Crippen molar-refractivity contribution in [3.8, 4) is 0 Å². The Hall–Kier alpha value is -0.160. The maximum atomic E-state index is 6.05. The lowest BCUT2D eigenvalue weighted by atomic mass is 9.77. The minimum absolute atomic E-state index is 0.302. The summed E-state index contributed by atoms with van der Waals surface area (Å²) in [5, 5.41) is 0. The summed E-state index contributed by atoms with van der Waals surface area (Å²) in [6.07, 6.45) is 13.7. The lowest BCUT2D eigenvalue weighted by Crippen LogP contribution is -2.64. The minimum atomic E-state index is 0.302. The fourth-order valence-corrected chi connectivity index (χ4v) is 5.08. The van der Waals surface area contributed by atoms with Crippen LogP contribution in [0.5, 0.6) is 0 Å².